The van der Waals surface area contributed by atoms with Gasteiger partial charge in [-0.15, -0.1) is 0 Å². The topological polar surface area (TPSA) is 124 Å². The van der Waals surface area contributed by atoms with Crippen molar-refractivity contribution in [2.75, 3.05) is 27.0 Å². The molecule has 2 aliphatic heterocycles. The summed E-state index contributed by atoms with van der Waals surface area (Å²) in [7, 11) is 1.49. The molecule has 9 heteroatoms. The van der Waals surface area contributed by atoms with Crippen molar-refractivity contribution in [1.29, 1.82) is 0 Å². The number of methoxy groups -OCH3 is 1. The quantitative estimate of drug-likeness (QED) is 0.684. The molecule has 1 atom stereocenters. The minimum Gasteiger partial charge on any atom is -0.502 e. The number of amides is 1. The first-order valence-corrected chi connectivity index (χ1v) is 10.3. The normalized spacial score (nSPS) is 16.8. The summed E-state index contributed by atoms with van der Waals surface area (Å²) in [6.07, 6.45) is 3.20. The standard InChI is InChI=1S/C22H26N2O7/c1-28-17-7-13(8-18-22(17)30-12-29-18)15(10-19(23)26)21-20(27)16(25)9-14(31-21)11-24-5-3-2-4-6-24/h7-9,15,27H,2-6,10-12H2,1H3,(H2,23,26)/t15-/m0/s1. The number of carbonyl (C=O) groups is 1. The molecule has 2 aliphatic rings. The van der Waals surface area contributed by atoms with E-state index in [-0.39, 0.29) is 19.0 Å². The zero-order valence-corrected chi connectivity index (χ0v) is 17.4. The summed E-state index contributed by atoms with van der Waals surface area (Å²) in [6.45, 7) is 2.34. The third kappa shape index (κ3) is 4.46. The molecule has 9 nitrogen and oxygen atoms in total. The van der Waals surface area contributed by atoms with E-state index in [2.05, 4.69) is 4.90 Å². The zero-order valence-electron chi connectivity index (χ0n) is 17.4. The molecule has 1 amide bonds. The van der Waals surface area contributed by atoms with Gasteiger partial charge in [0.25, 0.3) is 0 Å². The van der Waals surface area contributed by atoms with Crippen LogP contribution in [0.4, 0.5) is 0 Å². The van der Waals surface area contributed by atoms with E-state index < -0.39 is 23.0 Å². The molecule has 2 aromatic rings. The van der Waals surface area contributed by atoms with Gasteiger partial charge in [0.1, 0.15) is 5.76 Å². The maximum absolute atomic E-state index is 12.5. The van der Waals surface area contributed by atoms with Crippen LogP contribution in [0.3, 0.4) is 0 Å². The summed E-state index contributed by atoms with van der Waals surface area (Å²) in [6, 6.07) is 4.64. The second kappa shape index (κ2) is 8.89. The number of rotatable bonds is 7. The van der Waals surface area contributed by atoms with Crippen molar-refractivity contribution in [1.82, 2.24) is 4.90 Å². The minimum absolute atomic E-state index is 0.000715. The third-order valence-corrected chi connectivity index (χ3v) is 5.63. The van der Waals surface area contributed by atoms with Crippen molar-refractivity contribution in [3.63, 3.8) is 0 Å². The Morgan fingerprint density at radius 1 is 1.23 bits per heavy atom. The van der Waals surface area contributed by atoms with Crippen molar-refractivity contribution >= 4 is 5.91 Å². The number of hydrogen-bond acceptors (Lipinski definition) is 8. The molecule has 1 aromatic heterocycles. The number of carbonyl (C=O) groups excluding carboxylic acids is 1. The molecule has 1 fully saturated rings. The fourth-order valence-electron chi connectivity index (χ4n) is 4.12. The lowest BCUT2D eigenvalue weighted by atomic mass is 9.91. The molecule has 4 rings (SSSR count). The molecule has 0 aliphatic carbocycles. The largest absolute Gasteiger partial charge is 0.502 e. The molecular weight excluding hydrogens is 404 g/mol. The summed E-state index contributed by atoms with van der Waals surface area (Å²) < 4.78 is 22.3. The second-order valence-corrected chi connectivity index (χ2v) is 7.81. The Kier molecular flexibility index (Phi) is 6.03. The van der Waals surface area contributed by atoms with Crippen LogP contribution in [0.2, 0.25) is 0 Å². The monoisotopic (exact) mass is 430 g/mol. The molecule has 1 aromatic carbocycles. The van der Waals surface area contributed by atoms with E-state index in [1.54, 1.807) is 12.1 Å². The third-order valence-electron chi connectivity index (χ3n) is 5.63. The lowest BCUT2D eigenvalue weighted by Gasteiger charge is -2.26. The van der Waals surface area contributed by atoms with Gasteiger partial charge in [-0.25, -0.2) is 0 Å². The fourth-order valence-corrected chi connectivity index (χ4v) is 4.12. The Morgan fingerprint density at radius 2 is 2.00 bits per heavy atom. The van der Waals surface area contributed by atoms with Gasteiger partial charge in [0, 0.05) is 12.5 Å². The predicted octanol–water partition coefficient (Wildman–Crippen LogP) is 2.08. The van der Waals surface area contributed by atoms with Gasteiger partial charge in [0.15, 0.2) is 17.3 Å². The van der Waals surface area contributed by atoms with Gasteiger partial charge in [-0.3, -0.25) is 14.5 Å². The average molecular weight is 430 g/mol. The van der Waals surface area contributed by atoms with Crippen LogP contribution in [0.15, 0.2) is 27.4 Å². The number of hydrogen-bond donors (Lipinski definition) is 2. The van der Waals surface area contributed by atoms with Gasteiger partial charge in [-0.05, 0) is 43.6 Å². The Bertz CT molecular complexity index is 1030. The number of fused-ring (bicyclic) bond motifs is 1. The van der Waals surface area contributed by atoms with Crippen LogP contribution >= 0.6 is 0 Å². The maximum atomic E-state index is 12.5. The number of nitrogens with two attached hydrogens (primary N) is 1. The van der Waals surface area contributed by atoms with Crippen molar-refractivity contribution in [2.24, 2.45) is 5.73 Å². The Morgan fingerprint density at radius 3 is 2.71 bits per heavy atom. The van der Waals surface area contributed by atoms with Crippen LogP contribution in [0.1, 0.15) is 48.7 Å². The molecule has 166 valence electrons. The number of ether oxygens (including phenoxy) is 3. The molecule has 0 unspecified atom stereocenters. The Balaban J connectivity index is 1.76. The Labute approximate surface area is 179 Å². The van der Waals surface area contributed by atoms with E-state index in [9.17, 15) is 14.7 Å². The first-order valence-electron chi connectivity index (χ1n) is 10.3. The van der Waals surface area contributed by atoms with Crippen LogP contribution in [-0.4, -0.2) is 42.9 Å². The van der Waals surface area contributed by atoms with Gasteiger partial charge < -0.3 is 29.5 Å². The first-order chi connectivity index (χ1) is 15.0. The highest BCUT2D eigenvalue weighted by atomic mass is 16.7. The molecule has 0 bridgehead atoms. The molecule has 0 radical (unpaired) electrons. The van der Waals surface area contributed by atoms with E-state index in [1.807, 2.05) is 0 Å². The molecule has 1 saturated heterocycles. The molecule has 31 heavy (non-hydrogen) atoms. The number of benzene rings is 1. The molecule has 0 saturated carbocycles. The van der Waals surface area contributed by atoms with E-state index in [4.69, 9.17) is 24.4 Å². The van der Waals surface area contributed by atoms with E-state index in [0.717, 1.165) is 25.9 Å². The van der Waals surface area contributed by atoms with E-state index in [1.165, 1.54) is 19.6 Å². The molecule has 3 heterocycles. The van der Waals surface area contributed by atoms with Crippen LogP contribution in [0, 0.1) is 0 Å². The maximum Gasteiger partial charge on any atom is 0.231 e. The van der Waals surface area contributed by atoms with Crippen LogP contribution in [-0.2, 0) is 11.3 Å². The number of piperidine rings is 1. The van der Waals surface area contributed by atoms with Gasteiger partial charge in [-0.1, -0.05) is 6.42 Å². The predicted molar refractivity (Wildman–Crippen MR) is 111 cm³/mol. The highest BCUT2D eigenvalue weighted by Gasteiger charge is 2.29. The molecule has 3 N–H and O–H groups in total. The van der Waals surface area contributed by atoms with Gasteiger partial charge in [-0.2, -0.15) is 0 Å². The highest BCUT2D eigenvalue weighted by Crippen LogP contribution is 2.45. The number of aromatic hydroxyl groups is 1. The lowest BCUT2D eigenvalue weighted by Crippen LogP contribution is -2.29. The average Bonchev–Trinajstić information content (AvgIpc) is 3.23. The van der Waals surface area contributed by atoms with Gasteiger partial charge in [0.2, 0.25) is 29.6 Å². The fraction of sp³-hybridized carbons (Fsp3) is 0.455. The summed E-state index contributed by atoms with van der Waals surface area (Å²) in [4.78, 5) is 26.6. The molecule has 0 spiro atoms. The van der Waals surface area contributed by atoms with Crippen molar-refractivity contribution in [3.8, 4) is 23.0 Å². The second-order valence-electron chi connectivity index (χ2n) is 7.81. The zero-order chi connectivity index (χ0) is 22.0. The number of nitrogens with zero attached hydrogens (tertiary/aromatic N) is 1. The first kappa shape index (κ1) is 21.0. The minimum atomic E-state index is -0.796. The summed E-state index contributed by atoms with van der Waals surface area (Å²) in [5.74, 6) is -0.207. The van der Waals surface area contributed by atoms with Gasteiger partial charge >= 0.3 is 0 Å². The molecular formula is C22H26N2O7. The number of primary amides is 1. The summed E-state index contributed by atoms with van der Waals surface area (Å²) in [5, 5.41) is 10.5. The lowest BCUT2D eigenvalue weighted by molar-refractivity contribution is -0.118. The van der Waals surface area contributed by atoms with E-state index in [0.29, 0.717) is 35.1 Å². The summed E-state index contributed by atoms with van der Waals surface area (Å²) >= 11 is 0. The highest BCUT2D eigenvalue weighted by molar-refractivity contribution is 5.75. The van der Waals surface area contributed by atoms with Crippen molar-refractivity contribution in [2.45, 2.75) is 38.1 Å². The van der Waals surface area contributed by atoms with Crippen LogP contribution in [0.5, 0.6) is 23.0 Å². The van der Waals surface area contributed by atoms with Crippen molar-refractivity contribution in [3.05, 3.63) is 45.5 Å². The number of likely N-dealkylation sites (tertiary alicyclic amines) is 1. The summed E-state index contributed by atoms with van der Waals surface area (Å²) in [5.41, 5.74) is 5.48. The SMILES string of the molecule is COc1cc([C@H](CC(N)=O)c2oc(CN3CCCCC3)cc(=O)c2O)cc2c1OCO2. The van der Waals surface area contributed by atoms with Gasteiger partial charge in [0.05, 0.1) is 19.6 Å². The van der Waals surface area contributed by atoms with Crippen molar-refractivity contribution < 1.29 is 28.5 Å². The van der Waals surface area contributed by atoms with Crippen LogP contribution in [0.25, 0.3) is 0 Å². The van der Waals surface area contributed by atoms with E-state index >= 15 is 0 Å². The Hall–Kier alpha value is -3.20. The smallest absolute Gasteiger partial charge is 0.231 e. The van der Waals surface area contributed by atoms with Crippen LogP contribution < -0.4 is 25.4 Å².